The van der Waals surface area contributed by atoms with E-state index in [0.717, 1.165) is 0 Å². The third kappa shape index (κ3) is 2.25. The fraction of sp³-hybridized carbons (Fsp3) is 0.273. The summed E-state index contributed by atoms with van der Waals surface area (Å²) in [6.07, 6.45) is -3.00. The number of fused-ring (bicyclic) bond motifs is 1. The van der Waals surface area contributed by atoms with E-state index >= 15 is 0 Å². The lowest BCUT2D eigenvalue weighted by Gasteiger charge is -2.17. The van der Waals surface area contributed by atoms with Gasteiger partial charge in [0.15, 0.2) is 0 Å². The van der Waals surface area contributed by atoms with Crippen molar-refractivity contribution in [2.24, 2.45) is 5.73 Å². The number of aromatic nitrogens is 1. The van der Waals surface area contributed by atoms with Crippen molar-refractivity contribution in [3.63, 3.8) is 0 Å². The Bertz CT molecular complexity index is 533. The number of hydrogen-bond acceptors (Lipinski definition) is 1. The van der Waals surface area contributed by atoms with Crippen molar-refractivity contribution < 1.29 is 13.2 Å². The van der Waals surface area contributed by atoms with Crippen molar-refractivity contribution in [3.8, 4) is 0 Å². The highest BCUT2D eigenvalue weighted by Crippen LogP contribution is 2.37. The smallest absolute Gasteiger partial charge is 0.361 e. The number of benzene rings is 1. The molecular weight excluding hydrogens is 253 g/mol. The molecule has 0 saturated heterocycles. The van der Waals surface area contributed by atoms with Crippen molar-refractivity contribution in [2.75, 3.05) is 6.54 Å². The minimum atomic E-state index is -4.34. The molecule has 0 unspecified atom stereocenters. The summed E-state index contributed by atoms with van der Waals surface area (Å²) in [6, 6.07) is 4.72. The van der Waals surface area contributed by atoms with Crippen LogP contribution in [0, 0.1) is 0 Å². The number of hydrogen-bond donors (Lipinski definition) is 2. The molecule has 1 atom stereocenters. The van der Waals surface area contributed by atoms with Crippen LogP contribution in [0.3, 0.4) is 0 Å². The number of rotatable bonds is 2. The maximum Gasteiger partial charge on any atom is 0.397 e. The second-order valence-electron chi connectivity index (χ2n) is 3.76. The highest BCUT2D eigenvalue weighted by Gasteiger charge is 2.40. The molecule has 0 saturated carbocycles. The van der Waals surface area contributed by atoms with Gasteiger partial charge in [-0.3, -0.25) is 0 Å². The van der Waals surface area contributed by atoms with E-state index in [-0.39, 0.29) is 5.56 Å². The predicted octanol–water partition coefficient (Wildman–Crippen LogP) is 3.43. The molecule has 0 aliphatic carbocycles. The summed E-state index contributed by atoms with van der Waals surface area (Å²) in [4.78, 5) is 2.78. The van der Waals surface area contributed by atoms with E-state index in [4.69, 9.17) is 17.3 Å². The van der Waals surface area contributed by atoms with Gasteiger partial charge in [0.1, 0.15) is 0 Å². The Morgan fingerprint density at radius 1 is 1.35 bits per heavy atom. The molecule has 0 amide bonds. The zero-order valence-electron chi connectivity index (χ0n) is 8.68. The van der Waals surface area contributed by atoms with E-state index in [9.17, 15) is 13.2 Å². The fourth-order valence-corrected chi connectivity index (χ4v) is 2.02. The lowest BCUT2D eigenvalue weighted by atomic mass is 9.98. The molecule has 1 aromatic carbocycles. The number of H-pyrrole nitrogens is 1. The second-order valence-corrected chi connectivity index (χ2v) is 4.20. The Hall–Kier alpha value is -1.20. The molecule has 1 heterocycles. The van der Waals surface area contributed by atoms with E-state index < -0.39 is 18.6 Å². The summed E-state index contributed by atoms with van der Waals surface area (Å²) >= 11 is 5.76. The molecule has 0 bridgehead atoms. The maximum absolute atomic E-state index is 12.8. The topological polar surface area (TPSA) is 41.8 Å². The highest BCUT2D eigenvalue weighted by molar-refractivity contribution is 6.31. The molecule has 0 radical (unpaired) electrons. The number of halogens is 4. The summed E-state index contributed by atoms with van der Waals surface area (Å²) < 4.78 is 38.3. The van der Waals surface area contributed by atoms with Gasteiger partial charge in [0.2, 0.25) is 0 Å². The Morgan fingerprint density at radius 3 is 2.65 bits per heavy atom. The van der Waals surface area contributed by atoms with Gasteiger partial charge in [-0.1, -0.05) is 17.7 Å². The number of nitrogens with one attached hydrogen (secondary N) is 1. The number of nitrogens with two attached hydrogens (primary N) is 1. The standard InChI is InChI=1S/C11H10ClF3N2/c12-6-1-2-7-8(5-17-10(7)3-6)9(4-16)11(13,14)15/h1-3,5,9,17H,4,16H2/t9-/m0/s1. The zero-order chi connectivity index (χ0) is 12.6. The van der Waals surface area contributed by atoms with Gasteiger partial charge >= 0.3 is 6.18 Å². The van der Waals surface area contributed by atoms with Gasteiger partial charge in [0.05, 0.1) is 5.92 Å². The van der Waals surface area contributed by atoms with E-state index in [1.54, 1.807) is 18.2 Å². The summed E-state index contributed by atoms with van der Waals surface area (Å²) in [6.45, 7) is -0.473. The molecular formula is C11H10ClF3N2. The monoisotopic (exact) mass is 262 g/mol. The van der Waals surface area contributed by atoms with E-state index in [0.29, 0.717) is 15.9 Å². The van der Waals surface area contributed by atoms with Gasteiger partial charge < -0.3 is 10.7 Å². The molecule has 0 spiro atoms. The summed E-state index contributed by atoms with van der Waals surface area (Å²) in [5, 5.41) is 0.976. The predicted molar refractivity (Wildman–Crippen MR) is 61.2 cm³/mol. The molecule has 2 rings (SSSR count). The van der Waals surface area contributed by atoms with Crippen molar-refractivity contribution in [1.82, 2.24) is 4.98 Å². The molecule has 0 aliphatic heterocycles. The average Bonchev–Trinajstić information content (AvgIpc) is 2.60. The maximum atomic E-state index is 12.8. The molecule has 2 aromatic rings. The number of aromatic amines is 1. The van der Waals surface area contributed by atoms with Gasteiger partial charge in [0, 0.05) is 28.7 Å². The molecule has 2 nitrogen and oxygen atoms in total. The first-order chi connectivity index (χ1) is 7.93. The van der Waals surface area contributed by atoms with Crippen LogP contribution in [-0.4, -0.2) is 17.7 Å². The van der Waals surface area contributed by atoms with E-state index in [1.807, 2.05) is 0 Å². The van der Waals surface area contributed by atoms with Crippen molar-refractivity contribution >= 4 is 22.5 Å². The van der Waals surface area contributed by atoms with Crippen LogP contribution in [0.15, 0.2) is 24.4 Å². The third-order valence-corrected chi connectivity index (χ3v) is 2.92. The van der Waals surface area contributed by atoms with Crippen LogP contribution in [0.1, 0.15) is 11.5 Å². The minimum Gasteiger partial charge on any atom is -0.361 e. The summed E-state index contributed by atoms with van der Waals surface area (Å²) in [7, 11) is 0. The SMILES string of the molecule is NC[C@@H](c1c[nH]c2cc(Cl)ccc12)C(F)(F)F. The quantitative estimate of drug-likeness (QED) is 0.855. The molecule has 3 N–H and O–H groups in total. The van der Waals surface area contributed by atoms with Crippen LogP contribution < -0.4 is 5.73 Å². The van der Waals surface area contributed by atoms with Crippen LogP contribution in [-0.2, 0) is 0 Å². The third-order valence-electron chi connectivity index (χ3n) is 2.68. The van der Waals surface area contributed by atoms with Gasteiger partial charge in [-0.25, -0.2) is 0 Å². The molecule has 17 heavy (non-hydrogen) atoms. The van der Waals surface area contributed by atoms with Crippen LogP contribution in [0.5, 0.6) is 0 Å². The molecule has 1 aromatic heterocycles. The zero-order valence-corrected chi connectivity index (χ0v) is 9.44. The Kier molecular flexibility index (Phi) is 3.05. The van der Waals surface area contributed by atoms with Crippen LogP contribution in [0.4, 0.5) is 13.2 Å². The first-order valence-corrected chi connectivity index (χ1v) is 5.34. The Labute approximate surface area is 101 Å². The molecule has 92 valence electrons. The minimum absolute atomic E-state index is 0.159. The second kappa shape index (κ2) is 4.23. The molecule has 0 aliphatic rings. The van der Waals surface area contributed by atoms with Crippen LogP contribution >= 0.6 is 11.6 Å². The largest absolute Gasteiger partial charge is 0.397 e. The summed E-state index contributed by atoms with van der Waals surface area (Å²) in [5.74, 6) is -1.66. The van der Waals surface area contributed by atoms with Crippen molar-refractivity contribution in [2.45, 2.75) is 12.1 Å². The van der Waals surface area contributed by atoms with Gasteiger partial charge in [0.25, 0.3) is 0 Å². The molecule has 6 heteroatoms. The van der Waals surface area contributed by atoms with Crippen LogP contribution in [0.2, 0.25) is 5.02 Å². The fourth-order valence-electron chi connectivity index (χ4n) is 1.85. The van der Waals surface area contributed by atoms with E-state index in [1.165, 1.54) is 6.20 Å². The Morgan fingerprint density at radius 2 is 2.06 bits per heavy atom. The highest BCUT2D eigenvalue weighted by atomic mass is 35.5. The first kappa shape index (κ1) is 12.3. The van der Waals surface area contributed by atoms with Gasteiger partial charge in [-0.05, 0) is 17.7 Å². The Balaban J connectivity index is 2.55. The van der Waals surface area contributed by atoms with Gasteiger partial charge in [-0.2, -0.15) is 13.2 Å². The average molecular weight is 263 g/mol. The lowest BCUT2D eigenvalue weighted by molar-refractivity contribution is -0.147. The molecule has 0 fully saturated rings. The lowest BCUT2D eigenvalue weighted by Crippen LogP contribution is -2.27. The van der Waals surface area contributed by atoms with Crippen molar-refractivity contribution in [3.05, 3.63) is 35.0 Å². The van der Waals surface area contributed by atoms with Crippen LogP contribution in [0.25, 0.3) is 10.9 Å². The normalized spacial score (nSPS) is 14.2. The number of alkyl halides is 3. The summed E-state index contributed by atoms with van der Waals surface area (Å²) in [5.41, 5.74) is 5.95. The van der Waals surface area contributed by atoms with Gasteiger partial charge in [-0.15, -0.1) is 0 Å². The first-order valence-electron chi connectivity index (χ1n) is 4.97. The van der Waals surface area contributed by atoms with E-state index in [2.05, 4.69) is 4.98 Å². The van der Waals surface area contributed by atoms with Crippen molar-refractivity contribution in [1.29, 1.82) is 0 Å².